The maximum atomic E-state index is 11.6. The molecule has 0 spiro atoms. The van der Waals surface area contributed by atoms with Crippen molar-refractivity contribution in [3.63, 3.8) is 0 Å². The minimum absolute atomic E-state index is 0.00557. The van der Waals surface area contributed by atoms with Crippen molar-refractivity contribution < 1.29 is 9.90 Å². The molecule has 1 amide bonds. The van der Waals surface area contributed by atoms with Crippen LogP contribution in [-0.2, 0) is 4.79 Å². The number of β-amino-alcohol motifs (C(OH)–C–C–N with tert-alkyl or cyclic N) is 1. The molecule has 1 heterocycles. The number of anilines is 1. The van der Waals surface area contributed by atoms with Gasteiger partial charge >= 0.3 is 0 Å². The third-order valence-corrected chi connectivity index (χ3v) is 3.41. The van der Waals surface area contributed by atoms with Crippen LogP contribution in [0.2, 0.25) is 0 Å². The Morgan fingerprint density at radius 1 is 1.53 bits per heavy atom. The summed E-state index contributed by atoms with van der Waals surface area (Å²) in [5, 5.41) is 9.43. The Balaban J connectivity index is 2.37. The van der Waals surface area contributed by atoms with Crippen molar-refractivity contribution in [2.24, 2.45) is 0 Å². The smallest absolute Gasteiger partial charge is 0.229 e. The fourth-order valence-electron chi connectivity index (χ4n) is 1.75. The van der Waals surface area contributed by atoms with Crippen molar-refractivity contribution in [1.29, 1.82) is 0 Å². The number of nitrogens with zero attached hydrogens (tertiary/aromatic N) is 1. The average molecular weight is 317 g/mol. The lowest BCUT2D eigenvalue weighted by Gasteiger charge is -2.18. The molecule has 1 fully saturated rings. The second kappa shape index (κ2) is 4.09. The molecule has 80 valence electrons. The number of aliphatic hydroxyl groups is 1. The maximum Gasteiger partial charge on any atom is 0.229 e. The summed E-state index contributed by atoms with van der Waals surface area (Å²) >= 11 is 2.21. The molecule has 0 radical (unpaired) electrons. The van der Waals surface area contributed by atoms with Crippen LogP contribution in [0.5, 0.6) is 0 Å². The number of carbonyl (C=O) groups excluding carboxylic acids is 1. The lowest BCUT2D eigenvalue weighted by molar-refractivity contribution is -0.117. The van der Waals surface area contributed by atoms with Gasteiger partial charge in [0, 0.05) is 3.57 Å². The van der Waals surface area contributed by atoms with Crippen molar-refractivity contribution in [1.82, 2.24) is 0 Å². The molecule has 1 unspecified atom stereocenters. The molecule has 0 aromatic heterocycles. The van der Waals surface area contributed by atoms with E-state index in [4.69, 9.17) is 0 Å². The molecule has 1 aliphatic rings. The second-order valence-corrected chi connectivity index (χ2v) is 4.98. The van der Waals surface area contributed by atoms with Crippen molar-refractivity contribution in [2.45, 2.75) is 19.4 Å². The van der Waals surface area contributed by atoms with Gasteiger partial charge in [-0.2, -0.15) is 0 Å². The highest BCUT2D eigenvalue weighted by Crippen LogP contribution is 2.27. The molecule has 0 aliphatic carbocycles. The van der Waals surface area contributed by atoms with Gasteiger partial charge < -0.3 is 10.0 Å². The van der Waals surface area contributed by atoms with Gasteiger partial charge in [-0.1, -0.05) is 6.07 Å². The van der Waals surface area contributed by atoms with Crippen molar-refractivity contribution >= 4 is 34.2 Å². The Morgan fingerprint density at radius 3 is 2.87 bits per heavy atom. The van der Waals surface area contributed by atoms with Gasteiger partial charge in [-0.25, -0.2) is 0 Å². The summed E-state index contributed by atoms with van der Waals surface area (Å²) in [4.78, 5) is 13.3. The normalized spacial score (nSPS) is 21.1. The number of benzene rings is 1. The number of halogens is 1. The first kappa shape index (κ1) is 10.9. The van der Waals surface area contributed by atoms with Gasteiger partial charge in [0.1, 0.15) is 0 Å². The molecule has 4 heteroatoms. The standard InChI is InChI=1S/C11H12INO2/c1-7-2-3-9(12)10(4-7)13-6-8(14)5-11(13)15/h2-4,8,14H,5-6H2,1H3. The average Bonchev–Trinajstić information content (AvgIpc) is 2.50. The second-order valence-electron chi connectivity index (χ2n) is 3.82. The van der Waals surface area contributed by atoms with Crippen LogP contribution < -0.4 is 4.90 Å². The minimum Gasteiger partial charge on any atom is -0.391 e. The lowest BCUT2D eigenvalue weighted by Crippen LogP contribution is -2.26. The van der Waals surface area contributed by atoms with Crippen LogP contribution in [0.3, 0.4) is 0 Å². The van der Waals surface area contributed by atoms with Crippen LogP contribution in [0, 0.1) is 10.5 Å². The molecule has 0 saturated carbocycles. The summed E-state index contributed by atoms with van der Waals surface area (Å²) in [7, 11) is 0. The zero-order chi connectivity index (χ0) is 11.0. The van der Waals surface area contributed by atoms with Crippen LogP contribution >= 0.6 is 22.6 Å². The summed E-state index contributed by atoms with van der Waals surface area (Å²) in [6.45, 7) is 2.41. The monoisotopic (exact) mass is 317 g/mol. The fraction of sp³-hybridized carbons (Fsp3) is 0.364. The molecular weight excluding hydrogens is 305 g/mol. The summed E-state index contributed by atoms with van der Waals surface area (Å²) in [6.07, 6.45) is -0.280. The van der Waals surface area contributed by atoms with Crippen LogP contribution in [0.25, 0.3) is 0 Å². The first-order valence-corrected chi connectivity index (χ1v) is 5.90. The van der Waals surface area contributed by atoms with Gasteiger partial charge in [-0.05, 0) is 47.2 Å². The highest BCUT2D eigenvalue weighted by molar-refractivity contribution is 14.1. The highest BCUT2D eigenvalue weighted by Gasteiger charge is 2.30. The summed E-state index contributed by atoms with van der Waals surface area (Å²) in [6, 6.07) is 5.99. The zero-order valence-corrected chi connectivity index (χ0v) is 10.6. The molecule has 1 aromatic carbocycles. The van der Waals surface area contributed by atoms with E-state index < -0.39 is 6.10 Å². The first-order chi connectivity index (χ1) is 7.08. The SMILES string of the molecule is Cc1ccc(I)c(N2CC(O)CC2=O)c1. The van der Waals surface area contributed by atoms with E-state index in [1.54, 1.807) is 4.90 Å². The van der Waals surface area contributed by atoms with E-state index in [0.29, 0.717) is 6.54 Å². The highest BCUT2D eigenvalue weighted by atomic mass is 127. The summed E-state index contributed by atoms with van der Waals surface area (Å²) in [5.74, 6) is 0.00557. The molecule has 1 aromatic rings. The number of aryl methyl sites for hydroxylation is 1. The number of hydrogen-bond donors (Lipinski definition) is 1. The summed E-state index contributed by atoms with van der Waals surface area (Å²) in [5.41, 5.74) is 2.04. The third kappa shape index (κ3) is 2.15. The summed E-state index contributed by atoms with van der Waals surface area (Å²) < 4.78 is 1.04. The molecule has 1 atom stereocenters. The van der Waals surface area contributed by atoms with Gasteiger partial charge in [0.15, 0.2) is 0 Å². The Labute approximate surface area is 102 Å². The van der Waals surface area contributed by atoms with Crippen LogP contribution in [0.1, 0.15) is 12.0 Å². The number of carbonyl (C=O) groups is 1. The molecule has 2 rings (SSSR count). The fourth-order valence-corrected chi connectivity index (χ4v) is 2.38. The largest absolute Gasteiger partial charge is 0.391 e. The van der Waals surface area contributed by atoms with E-state index in [1.807, 2.05) is 25.1 Å². The Morgan fingerprint density at radius 2 is 2.27 bits per heavy atom. The Kier molecular flexibility index (Phi) is 2.97. The quantitative estimate of drug-likeness (QED) is 0.801. The third-order valence-electron chi connectivity index (χ3n) is 2.50. The van der Waals surface area contributed by atoms with Gasteiger partial charge in [-0.15, -0.1) is 0 Å². The number of amides is 1. The molecule has 15 heavy (non-hydrogen) atoms. The van der Waals surface area contributed by atoms with Crippen LogP contribution in [0.15, 0.2) is 18.2 Å². The number of rotatable bonds is 1. The molecule has 1 aliphatic heterocycles. The Hall–Kier alpha value is -0.620. The molecular formula is C11H12INO2. The van der Waals surface area contributed by atoms with Gasteiger partial charge in [0.2, 0.25) is 5.91 Å². The van der Waals surface area contributed by atoms with Crippen molar-refractivity contribution in [3.05, 3.63) is 27.3 Å². The van der Waals surface area contributed by atoms with E-state index in [-0.39, 0.29) is 12.3 Å². The number of aliphatic hydroxyl groups excluding tert-OH is 1. The van der Waals surface area contributed by atoms with E-state index in [0.717, 1.165) is 14.8 Å². The van der Waals surface area contributed by atoms with Gasteiger partial charge in [0.05, 0.1) is 24.8 Å². The van der Waals surface area contributed by atoms with Crippen molar-refractivity contribution in [2.75, 3.05) is 11.4 Å². The predicted octanol–water partition coefficient (Wildman–Crippen LogP) is 1.70. The van der Waals surface area contributed by atoms with Crippen molar-refractivity contribution in [3.8, 4) is 0 Å². The zero-order valence-electron chi connectivity index (χ0n) is 8.40. The van der Waals surface area contributed by atoms with Crippen LogP contribution in [-0.4, -0.2) is 23.7 Å². The van der Waals surface area contributed by atoms with Gasteiger partial charge in [0.25, 0.3) is 0 Å². The Bertz CT molecular complexity index is 406. The van der Waals surface area contributed by atoms with Crippen LogP contribution in [0.4, 0.5) is 5.69 Å². The predicted molar refractivity (Wildman–Crippen MR) is 66.9 cm³/mol. The lowest BCUT2D eigenvalue weighted by atomic mass is 10.2. The van der Waals surface area contributed by atoms with E-state index >= 15 is 0 Å². The van der Waals surface area contributed by atoms with E-state index in [1.165, 1.54) is 0 Å². The van der Waals surface area contributed by atoms with E-state index in [2.05, 4.69) is 22.6 Å². The molecule has 1 saturated heterocycles. The number of hydrogen-bond acceptors (Lipinski definition) is 2. The minimum atomic E-state index is -0.520. The molecule has 1 N–H and O–H groups in total. The maximum absolute atomic E-state index is 11.6. The van der Waals surface area contributed by atoms with E-state index in [9.17, 15) is 9.90 Å². The molecule has 0 bridgehead atoms. The topological polar surface area (TPSA) is 40.5 Å². The first-order valence-electron chi connectivity index (χ1n) is 4.82. The van der Waals surface area contributed by atoms with Gasteiger partial charge in [-0.3, -0.25) is 4.79 Å². The molecule has 3 nitrogen and oxygen atoms in total.